The predicted octanol–water partition coefficient (Wildman–Crippen LogP) is 3.15. The second kappa shape index (κ2) is 9.95. The van der Waals surface area contributed by atoms with Crippen LogP contribution in [0.25, 0.3) is 11.6 Å². The summed E-state index contributed by atoms with van der Waals surface area (Å²) in [5.74, 6) is 3.00. The number of guanidine groups is 1. The molecule has 0 radical (unpaired) electrons. The molecule has 2 heterocycles. The Morgan fingerprint density at radius 1 is 1.19 bits per heavy atom. The van der Waals surface area contributed by atoms with E-state index in [1.807, 2.05) is 18.2 Å². The monoisotopic (exact) mass is 466 g/mol. The molecule has 0 saturated carbocycles. The fourth-order valence-electron chi connectivity index (χ4n) is 2.43. The molecule has 0 aliphatic heterocycles. The van der Waals surface area contributed by atoms with Crippen molar-refractivity contribution in [1.29, 1.82) is 0 Å². The number of halogens is 1. The zero-order chi connectivity index (χ0) is 17.5. The second-order valence-corrected chi connectivity index (χ2v) is 5.70. The molecule has 1 unspecified atom stereocenters. The van der Waals surface area contributed by atoms with Crippen LogP contribution in [0.1, 0.15) is 24.2 Å². The normalized spacial score (nSPS) is 12.3. The predicted molar refractivity (Wildman–Crippen MR) is 113 cm³/mol. The molecule has 0 amide bonds. The molecule has 1 aromatic carbocycles. The Morgan fingerprint density at radius 3 is 2.69 bits per heavy atom. The number of aliphatic imine (C=N–C) groups is 1. The van der Waals surface area contributed by atoms with Gasteiger partial charge in [-0.3, -0.25) is 10.1 Å². The number of H-pyrrole nitrogens is 1. The molecule has 138 valence electrons. The summed E-state index contributed by atoms with van der Waals surface area (Å²) in [5.41, 5.74) is 1.30. The first kappa shape index (κ1) is 20.0. The first-order valence-electron chi connectivity index (χ1n) is 8.21. The highest BCUT2D eigenvalue weighted by Crippen LogP contribution is 2.14. The van der Waals surface area contributed by atoms with Gasteiger partial charge in [0.2, 0.25) is 5.82 Å². The largest absolute Gasteiger partial charge is 0.461 e. The van der Waals surface area contributed by atoms with Crippen molar-refractivity contribution in [3.05, 3.63) is 60.1 Å². The first-order valence-corrected chi connectivity index (χ1v) is 8.21. The first-order chi connectivity index (χ1) is 12.3. The molecule has 0 spiro atoms. The summed E-state index contributed by atoms with van der Waals surface area (Å²) >= 11 is 0. The lowest BCUT2D eigenvalue weighted by molar-refractivity contribution is 0.577. The molecule has 3 aromatic rings. The molecule has 1 atom stereocenters. The summed E-state index contributed by atoms with van der Waals surface area (Å²) in [6, 6.07) is 14.0. The van der Waals surface area contributed by atoms with Gasteiger partial charge in [-0.2, -0.15) is 0 Å². The zero-order valence-corrected chi connectivity index (χ0v) is 17.1. The Balaban J connectivity index is 0.00000243. The van der Waals surface area contributed by atoms with Gasteiger partial charge < -0.3 is 15.1 Å². The number of aromatic amines is 1. The number of benzene rings is 1. The second-order valence-electron chi connectivity index (χ2n) is 5.70. The van der Waals surface area contributed by atoms with Crippen molar-refractivity contribution in [2.24, 2.45) is 4.99 Å². The van der Waals surface area contributed by atoms with Crippen LogP contribution in [0, 0.1) is 0 Å². The maximum absolute atomic E-state index is 5.29. The van der Waals surface area contributed by atoms with E-state index in [2.05, 4.69) is 62.0 Å². The van der Waals surface area contributed by atoms with Crippen LogP contribution in [0.3, 0.4) is 0 Å². The fourth-order valence-corrected chi connectivity index (χ4v) is 2.43. The Hall–Kier alpha value is -2.36. The van der Waals surface area contributed by atoms with Gasteiger partial charge in [0.1, 0.15) is 5.82 Å². The molecular weight excluding hydrogens is 443 g/mol. The van der Waals surface area contributed by atoms with Gasteiger partial charge in [0.05, 0.1) is 12.8 Å². The Bertz CT molecular complexity index is 800. The molecule has 2 aromatic heterocycles. The molecule has 7 nitrogen and oxygen atoms in total. The summed E-state index contributed by atoms with van der Waals surface area (Å²) in [6.45, 7) is 3.46. The van der Waals surface area contributed by atoms with Crippen molar-refractivity contribution in [1.82, 2.24) is 25.8 Å². The summed E-state index contributed by atoms with van der Waals surface area (Å²) < 4.78 is 5.29. The van der Waals surface area contributed by atoms with Crippen molar-refractivity contribution >= 4 is 29.9 Å². The number of nitrogens with zero attached hydrogens (tertiary/aromatic N) is 3. The van der Waals surface area contributed by atoms with Crippen molar-refractivity contribution in [3.63, 3.8) is 0 Å². The van der Waals surface area contributed by atoms with Crippen LogP contribution in [0.4, 0.5) is 0 Å². The minimum absolute atomic E-state index is 0. The topological polar surface area (TPSA) is 91.1 Å². The zero-order valence-electron chi connectivity index (χ0n) is 14.8. The third-order valence-corrected chi connectivity index (χ3v) is 3.86. The van der Waals surface area contributed by atoms with Crippen LogP contribution in [0.2, 0.25) is 0 Å². The summed E-state index contributed by atoms with van der Waals surface area (Å²) in [4.78, 5) is 8.64. The summed E-state index contributed by atoms with van der Waals surface area (Å²) in [7, 11) is 1.75. The third kappa shape index (κ3) is 5.32. The highest BCUT2D eigenvalue weighted by Gasteiger charge is 2.09. The van der Waals surface area contributed by atoms with Gasteiger partial charge in [-0.05, 0) is 23.6 Å². The van der Waals surface area contributed by atoms with Gasteiger partial charge >= 0.3 is 0 Å². The van der Waals surface area contributed by atoms with Crippen LogP contribution in [-0.4, -0.2) is 34.7 Å². The number of hydrogen-bond donors (Lipinski definition) is 3. The molecule has 8 heteroatoms. The van der Waals surface area contributed by atoms with E-state index in [0.717, 1.165) is 12.5 Å². The molecule has 0 bridgehead atoms. The lowest BCUT2D eigenvalue weighted by Crippen LogP contribution is -2.38. The molecule has 0 aliphatic carbocycles. The molecule has 3 N–H and O–H groups in total. The van der Waals surface area contributed by atoms with E-state index < -0.39 is 0 Å². The van der Waals surface area contributed by atoms with Gasteiger partial charge in [-0.15, -0.1) is 29.1 Å². The van der Waals surface area contributed by atoms with Gasteiger partial charge in [0.25, 0.3) is 0 Å². The Labute approximate surface area is 169 Å². The molecule has 26 heavy (non-hydrogen) atoms. The minimum Gasteiger partial charge on any atom is -0.461 e. The van der Waals surface area contributed by atoms with Gasteiger partial charge in [0, 0.05) is 13.6 Å². The maximum atomic E-state index is 5.29. The van der Waals surface area contributed by atoms with Crippen LogP contribution in [0.15, 0.2) is 58.1 Å². The van der Waals surface area contributed by atoms with Crippen molar-refractivity contribution < 1.29 is 4.42 Å². The summed E-state index contributed by atoms with van der Waals surface area (Å²) in [6.07, 6.45) is 1.60. The van der Waals surface area contributed by atoms with Gasteiger partial charge in [-0.25, -0.2) is 4.98 Å². The van der Waals surface area contributed by atoms with Gasteiger partial charge in [0.15, 0.2) is 11.7 Å². The van der Waals surface area contributed by atoms with Crippen LogP contribution >= 0.6 is 24.0 Å². The van der Waals surface area contributed by atoms with Crippen molar-refractivity contribution in [2.75, 3.05) is 13.6 Å². The van der Waals surface area contributed by atoms with Crippen molar-refractivity contribution in [3.8, 4) is 11.6 Å². The number of aromatic nitrogens is 3. The van der Waals surface area contributed by atoms with Crippen LogP contribution in [-0.2, 0) is 6.54 Å². The molecular formula is C18H23IN6O. The average Bonchev–Trinajstić information content (AvgIpc) is 3.34. The van der Waals surface area contributed by atoms with E-state index in [1.165, 1.54) is 5.56 Å². The lowest BCUT2D eigenvalue weighted by Gasteiger charge is -2.15. The Morgan fingerprint density at radius 2 is 2.00 bits per heavy atom. The van der Waals surface area contributed by atoms with Crippen molar-refractivity contribution in [2.45, 2.75) is 19.4 Å². The number of nitrogens with one attached hydrogen (secondary N) is 3. The minimum atomic E-state index is 0. The van der Waals surface area contributed by atoms with E-state index in [1.54, 1.807) is 13.3 Å². The van der Waals surface area contributed by atoms with E-state index in [-0.39, 0.29) is 24.0 Å². The van der Waals surface area contributed by atoms with E-state index in [9.17, 15) is 0 Å². The summed E-state index contributed by atoms with van der Waals surface area (Å²) in [5, 5.41) is 13.6. The lowest BCUT2D eigenvalue weighted by atomic mass is 10.0. The molecule has 0 aliphatic rings. The highest BCUT2D eigenvalue weighted by molar-refractivity contribution is 14.0. The number of furan rings is 1. The SMILES string of the molecule is CN=C(NCc1nc(-c2ccco2)n[nH]1)NCC(C)c1ccccc1.I. The quantitative estimate of drug-likeness (QED) is 0.295. The Kier molecular flexibility index (Phi) is 7.64. The van der Waals surface area contributed by atoms with Crippen LogP contribution in [0.5, 0.6) is 0 Å². The molecule has 0 fully saturated rings. The van der Waals surface area contributed by atoms with Gasteiger partial charge in [-0.1, -0.05) is 37.3 Å². The van der Waals surface area contributed by atoms with E-state index in [4.69, 9.17) is 4.42 Å². The highest BCUT2D eigenvalue weighted by atomic mass is 127. The van der Waals surface area contributed by atoms with E-state index in [0.29, 0.717) is 29.9 Å². The van der Waals surface area contributed by atoms with Crippen LogP contribution < -0.4 is 10.6 Å². The van der Waals surface area contributed by atoms with E-state index >= 15 is 0 Å². The molecule has 3 rings (SSSR count). The standard InChI is InChI=1S/C18H22N6O.HI/c1-13(14-7-4-3-5-8-14)11-20-18(19-2)21-12-16-22-17(24-23-16)15-9-6-10-25-15;/h3-10,13H,11-12H2,1-2H3,(H2,19,20,21)(H,22,23,24);1H. The number of hydrogen-bond acceptors (Lipinski definition) is 4. The maximum Gasteiger partial charge on any atom is 0.216 e. The smallest absolute Gasteiger partial charge is 0.216 e. The molecule has 0 saturated heterocycles. The fraction of sp³-hybridized carbons (Fsp3) is 0.278. The third-order valence-electron chi connectivity index (χ3n) is 3.86. The average molecular weight is 466 g/mol. The number of rotatable bonds is 6.